The van der Waals surface area contributed by atoms with Gasteiger partial charge in [-0.1, -0.05) is 39.0 Å². The molecule has 2 amide bonds. The van der Waals surface area contributed by atoms with Gasteiger partial charge in [-0.2, -0.15) is 0 Å². The molecule has 3 rings (SSSR count). The number of carbonyl (C=O) groups is 1. The van der Waals surface area contributed by atoms with E-state index in [0.717, 1.165) is 41.8 Å². The first-order valence-corrected chi connectivity index (χ1v) is 11.2. The van der Waals surface area contributed by atoms with E-state index in [2.05, 4.69) is 43.0 Å². The molecule has 6 nitrogen and oxygen atoms in total. The van der Waals surface area contributed by atoms with Gasteiger partial charge in [0.2, 0.25) is 0 Å². The third-order valence-corrected chi connectivity index (χ3v) is 5.99. The van der Waals surface area contributed by atoms with Gasteiger partial charge in [0.25, 0.3) is 0 Å². The maximum atomic E-state index is 13.6. The zero-order valence-corrected chi connectivity index (χ0v) is 19.5. The van der Waals surface area contributed by atoms with Crippen LogP contribution < -0.4 is 15.5 Å². The lowest BCUT2D eigenvalue weighted by molar-refractivity contribution is 0.246. The van der Waals surface area contributed by atoms with E-state index in [-0.39, 0.29) is 11.6 Å². The summed E-state index contributed by atoms with van der Waals surface area (Å²) in [5.74, 6) is 1.20. The zero-order chi connectivity index (χ0) is 22.6. The molecule has 0 spiro atoms. The largest absolute Gasteiger partial charge is 0.381 e. The van der Waals surface area contributed by atoms with E-state index >= 15 is 0 Å². The molecule has 1 unspecified atom stereocenters. The van der Waals surface area contributed by atoms with Crippen LogP contribution in [0.5, 0.6) is 0 Å². The third-order valence-electron chi connectivity index (χ3n) is 5.99. The first-order valence-electron chi connectivity index (χ1n) is 11.2. The SMILES string of the molecule is C=C(NC1CC1)c1ccc(C)c(N(C(=O)Nc2ccc(C)cn2)C(C)(CC)CCC)n1. The van der Waals surface area contributed by atoms with Crippen molar-refractivity contribution in [3.8, 4) is 0 Å². The number of nitrogens with one attached hydrogen (secondary N) is 2. The Morgan fingerprint density at radius 3 is 2.55 bits per heavy atom. The van der Waals surface area contributed by atoms with Crippen molar-refractivity contribution in [1.29, 1.82) is 0 Å². The molecule has 1 saturated carbocycles. The molecule has 2 heterocycles. The van der Waals surface area contributed by atoms with Crippen molar-refractivity contribution >= 4 is 23.4 Å². The average Bonchev–Trinajstić information content (AvgIpc) is 3.55. The summed E-state index contributed by atoms with van der Waals surface area (Å²) in [5.41, 5.74) is 3.19. The van der Waals surface area contributed by atoms with Gasteiger partial charge in [-0.3, -0.25) is 10.2 Å². The van der Waals surface area contributed by atoms with Crippen LogP contribution in [0.2, 0.25) is 0 Å². The van der Waals surface area contributed by atoms with Crippen molar-refractivity contribution in [3.63, 3.8) is 0 Å². The van der Waals surface area contributed by atoms with Crippen LogP contribution in [0.4, 0.5) is 16.4 Å². The minimum Gasteiger partial charge on any atom is -0.381 e. The summed E-state index contributed by atoms with van der Waals surface area (Å²) in [4.78, 5) is 24.7. The molecule has 166 valence electrons. The molecule has 0 saturated heterocycles. The zero-order valence-electron chi connectivity index (χ0n) is 19.5. The Bertz CT molecular complexity index is 935. The Kier molecular flexibility index (Phi) is 6.98. The Balaban J connectivity index is 1.99. The minimum atomic E-state index is -0.384. The fourth-order valence-corrected chi connectivity index (χ4v) is 3.75. The molecule has 6 heteroatoms. The number of hydrogen-bond donors (Lipinski definition) is 2. The predicted molar refractivity (Wildman–Crippen MR) is 128 cm³/mol. The smallest absolute Gasteiger partial charge is 0.329 e. The lowest BCUT2D eigenvalue weighted by Crippen LogP contribution is -2.52. The number of anilines is 2. The molecule has 0 bridgehead atoms. The van der Waals surface area contributed by atoms with E-state index in [9.17, 15) is 4.79 Å². The molecule has 0 aromatic carbocycles. The van der Waals surface area contributed by atoms with Crippen molar-refractivity contribution in [2.45, 2.75) is 78.3 Å². The number of aryl methyl sites for hydroxylation is 2. The van der Waals surface area contributed by atoms with Gasteiger partial charge in [-0.25, -0.2) is 14.8 Å². The maximum Gasteiger partial charge on any atom is 0.329 e. The quantitative estimate of drug-likeness (QED) is 0.535. The fraction of sp³-hybridized carbons (Fsp3) is 0.480. The highest BCUT2D eigenvalue weighted by molar-refractivity contribution is 6.02. The van der Waals surface area contributed by atoms with Crippen LogP contribution in [-0.2, 0) is 0 Å². The van der Waals surface area contributed by atoms with E-state index in [0.29, 0.717) is 17.7 Å². The first-order chi connectivity index (χ1) is 14.8. The van der Waals surface area contributed by atoms with Crippen molar-refractivity contribution in [3.05, 3.63) is 53.9 Å². The molecule has 1 fully saturated rings. The molecule has 1 aliphatic carbocycles. The van der Waals surface area contributed by atoms with E-state index in [1.165, 1.54) is 12.8 Å². The summed E-state index contributed by atoms with van der Waals surface area (Å²) in [6.07, 6.45) is 6.72. The summed E-state index contributed by atoms with van der Waals surface area (Å²) >= 11 is 0. The number of hydrogen-bond acceptors (Lipinski definition) is 4. The molecule has 0 aliphatic heterocycles. The second-order valence-electron chi connectivity index (χ2n) is 8.82. The minimum absolute atomic E-state index is 0.220. The second kappa shape index (κ2) is 9.50. The predicted octanol–water partition coefficient (Wildman–Crippen LogP) is 5.82. The van der Waals surface area contributed by atoms with E-state index in [1.54, 1.807) is 6.20 Å². The number of nitrogens with zero attached hydrogens (tertiary/aromatic N) is 3. The molecule has 0 radical (unpaired) electrons. The lowest BCUT2D eigenvalue weighted by Gasteiger charge is -2.40. The fourth-order valence-electron chi connectivity index (χ4n) is 3.75. The first kappa shape index (κ1) is 22.8. The molecule has 1 atom stereocenters. The van der Waals surface area contributed by atoms with Crippen LogP contribution in [0.15, 0.2) is 37.0 Å². The summed E-state index contributed by atoms with van der Waals surface area (Å²) in [5, 5.41) is 6.40. The molecule has 31 heavy (non-hydrogen) atoms. The van der Waals surface area contributed by atoms with Gasteiger partial charge < -0.3 is 5.32 Å². The molecular formula is C25H35N5O. The second-order valence-corrected chi connectivity index (χ2v) is 8.82. The number of rotatable bonds is 9. The normalized spacial score (nSPS) is 15.1. The van der Waals surface area contributed by atoms with Crippen LogP contribution in [0.1, 0.15) is 69.7 Å². The Labute approximate surface area is 186 Å². The van der Waals surface area contributed by atoms with Crippen LogP contribution in [0.3, 0.4) is 0 Å². The number of pyridine rings is 2. The van der Waals surface area contributed by atoms with E-state index in [1.807, 2.05) is 43.0 Å². The summed E-state index contributed by atoms with van der Waals surface area (Å²) in [6.45, 7) is 14.5. The average molecular weight is 422 g/mol. The molecule has 2 aromatic heterocycles. The number of carbonyl (C=O) groups excluding carboxylic acids is 1. The van der Waals surface area contributed by atoms with E-state index < -0.39 is 0 Å². The van der Waals surface area contributed by atoms with Crippen molar-refractivity contribution < 1.29 is 4.79 Å². The van der Waals surface area contributed by atoms with Crippen molar-refractivity contribution in [2.24, 2.45) is 0 Å². The summed E-state index contributed by atoms with van der Waals surface area (Å²) in [7, 11) is 0. The van der Waals surface area contributed by atoms with Crippen LogP contribution in [0.25, 0.3) is 5.70 Å². The van der Waals surface area contributed by atoms with Gasteiger partial charge in [0, 0.05) is 17.8 Å². The third kappa shape index (κ3) is 5.43. The summed E-state index contributed by atoms with van der Waals surface area (Å²) < 4.78 is 0. The highest BCUT2D eigenvalue weighted by Gasteiger charge is 2.36. The molecule has 2 N–H and O–H groups in total. The molecular weight excluding hydrogens is 386 g/mol. The topological polar surface area (TPSA) is 70.2 Å². The lowest BCUT2D eigenvalue weighted by atomic mass is 9.90. The van der Waals surface area contributed by atoms with Crippen LogP contribution >= 0.6 is 0 Å². The number of amides is 2. The van der Waals surface area contributed by atoms with Gasteiger partial charge in [-0.05, 0) is 69.7 Å². The highest BCUT2D eigenvalue weighted by atomic mass is 16.2. The Morgan fingerprint density at radius 2 is 1.97 bits per heavy atom. The molecule has 2 aromatic rings. The van der Waals surface area contributed by atoms with Gasteiger partial charge in [0.1, 0.15) is 11.6 Å². The van der Waals surface area contributed by atoms with Gasteiger partial charge >= 0.3 is 6.03 Å². The maximum absolute atomic E-state index is 13.6. The standard InChI is InChI=1S/C25H35N5O/c1-7-15-25(6,8-2)30(24(31)29-22-14-9-17(3)16-26-22)23-18(4)10-13-21(28-23)19(5)27-20-11-12-20/h9-10,13-14,16,20,27H,5,7-8,11-12,15H2,1-4,6H3,(H,26,29,31). The monoisotopic (exact) mass is 421 g/mol. The van der Waals surface area contributed by atoms with Crippen LogP contribution in [-0.4, -0.2) is 27.6 Å². The number of aromatic nitrogens is 2. The highest BCUT2D eigenvalue weighted by Crippen LogP contribution is 2.33. The molecule has 1 aliphatic rings. The van der Waals surface area contributed by atoms with Gasteiger partial charge in [0.15, 0.2) is 0 Å². The van der Waals surface area contributed by atoms with Crippen molar-refractivity contribution in [2.75, 3.05) is 10.2 Å². The summed E-state index contributed by atoms with van der Waals surface area (Å²) in [6, 6.07) is 8.03. The Morgan fingerprint density at radius 1 is 1.23 bits per heavy atom. The van der Waals surface area contributed by atoms with E-state index in [4.69, 9.17) is 4.98 Å². The van der Waals surface area contributed by atoms with Crippen molar-refractivity contribution in [1.82, 2.24) is 15.3 Å². The van der Waals surface area contributed by atoms with Gasteiger partial charge in [0.05, 0.1) is 11.4 Å². The van der Waals surface area contributed by atoms with Crippen LogP contribution in [0, 0.1) is 13.8 Å². The van der Waals surface area contributed by atoms with Gasteiger partial charge in [-0.15, -0.1) is 0 Å². The Hall–Kier alpha value is -2.89. The number of urea groups is 1.